The quantitative estimate of drug-likeness (QED) is 0.177. The molecule has 5 aliphatic rings. The number of piperazine rings is 1. The van der Waals surface area contributed by atoms with E-state index in [1.807, 2.05) is 24.3 Å². The van der Waals surface area contributed by atoms with Crippen molar-refractivity contribution in [3.63, 3.8) is 0 Å². The van der Waals surface area contributed by atoms with E-state index in [1.165, 1.54) is 40.7 Å². The highest BCUT2D eigenvalue weighted by Crippen LogP contribution is 2.47. The van der Waals surface area contributed by atoms with E-state index in [0.29, 0.717) is 47.3 Å². The molecule has 3 fully saturated rings. The average Bonchev–Trinajstić information content (AvgIpc) is 3.49. The van der Waals surface area contributed by atoms with Crippen LogP contribution >= 0.6 is 0 Å². The van der Waals surface area contributed by atoms with Crippen molar-refractivity contribution in [1.82, 2.24) is 20.0 Å². The molecule has 0 saturated carbocycles. The molecule has 1 aliphatic carbocycles. The molecular weight excluding hydrogens is 711 g/mol. The number of rotatable bonds is 9. The van der Waals surface area contributed by atoms with Crippen LogP contribution < -0.4 is 10.2 Å². The van der Waals surface area contributed by atoms with Gasteiger partial charge in [0.2, 0.25) is 5.91 Å². The van der Waals surface area contributed by atoms with E-state index < -0.39 is 6.04 Å². The maximum atomic E-state index is 13.4. The number of phenols is 1. The number of nitrogens with zero attached hydrogens (tertiary/aromatic N) is 4. The molecule has 1 unspecified atom stereocenters. The van der Waals surface area contributed by atoms with Crippen LogP contribution in [0.5, 0.6) is 5.75 Å². The average molecular weight is 764 g/mol. The molecule has 0 bridgehead atoms. The van der Waals surface area contributed by atoms with E-state index in [1.54, 1.807) is 6.07 Å². The summed E-state index contributed by atoms with van der Waals surface area (Å²) < 4.78 is 0. The number of phenolic OH excluding ortho intramolecular Hbond substituents is 1. The number of hydrogen-bond donors (Lipinski definition) is 2. The van der Waals surface area contributed by atoms with Crippen LogP contribution in [0.3, 0.4) is 0 Å². The van der Waals surface area contributed by atoms with Gasteiger partial charge in [-0.05, 0) is 141 Å². The Kier molecular flexibility index (Phi) is 10.4. The molecule has 3 atom stereocenters. The van der Waals surface area contributed by atoms with Gasteiger partial charge < -0.3 is 20.2 Å². The number of amides is 3. The second kappa shape index (κ2) is 15.9. The fourth-order valence-corrected chi connectivity index (χ4v) is 10.2. The molecule has 9 rings (SSSR count). The molecule has 57 heavy (non-hydrogen) atoms. The summed E-state index contributed by atoms with van der Waals surface area (Å²) in [5.74, 6) is 0.523. The molecule has 2 N–H and O–H groups in total. The van der Waals surface area contributed by atoms with Crippen LogP contribution in [0.1, 0.15) is 105 Å². The molecule has 9 nitrogen and oxygen atoms in total. The minimum atomic E-state index is -0.794. The van der Waals surface area contributed by atoms with Crippen LogP contribution in [0.25, 0.3) is 0 Å². The van der Waals surface area contributed by atoms with Crippen LogP contribution in [-0.2, 0) is 11.2 Å². The van der Waals surface area contributed by atoms with E-state index in [9.17, 15) is 19.5 Å². The van der Waals surface area contributed by atoms with E-state index in [0.717, 1.165) is 82.2 Å². The molecule has 4 aromatic carbocycles. The van der Waals surface area contributed by atoms with Crippen molar-refractivity contribution in [2.75, 3.05) is 57.3 Å². The molecule has 0 aromatic heterocycles. The van der Waals surface area contributed by atoms with Gasteiger partial charge in [0.25, 0.3) is 11.8 Å². The van der Waals surface area contributed by atoms with Gasteiger partial charge in [0.05, 0.1) is 11.1 Å². The number of benzene rings is 4. The smallest absolute Gasteiger partial charge is 0.262 e. The molecule has 0 spiro atoms. The van der Waals surface area contributed by atoms with Crippen LogP contribution in [0, 0.1) is 0 Å². The third kappa shape index (κ3) is 7.51. The van der Waals surface area contributed by atoms with E-state index >= 15 is 0 Å². The maximum Gasteiger partial charge on any atom is 0.262 e. The lowest BCUT2D eigenvalue weighted by Crippen LogP contribution is -2.51. The third-order valence-corrected chi connectivity index (χ3v) is 13.4. The van der Waals surface area contributed by atoms with Crippen LogP contribution in [0.15, 0.2) is 103 Å². The Hall–Kier alpha value is -5.25. The number of aryl methyl sites for hydroxylation is 1. The fourth-order valence-electron chi connectivity index (χ4n) is 10.2. The van der Waals surface area contributed by atoms with Crippen molar-refractivity contribution in [2.45, 2.75) is 68.7 Å². The highest BCUT2D eigenvalue weighted by molar-refractivity contribution is 6.23. The van der Waals surface area contributed by atoms with Gasteiger partial charge in [0.1, 0.15) is 11.8 Å². The normalized spacial score (nSPS) is 23.4. The van der Waals surface area contributed by atoms with Gasteiger partial charge in [0, 0.05) is 43.5 Å². The number of nitrogens with one attached hydrogen (secondary N) is 1. The number of allylic oxidation sites excluding steroid dienone is 1. The zero-order valence-electron chi connectivity index (χ0n) is 32.7. The molecular formula is C48H53N5O4. The first kappa shape index (κ1) is 37.3. The molecule has 4 aromatic rings. The van der Waals surface area contributed by atoms with Gasteiger partial charge in [-0.1, -0.05) is 67.2 Å². The Bertz CT molecular complexity index is 2150. The number of aromatic hydroxyl groups is 1. The monoisotopic (exact) mass is 763 g/mol. The lowest BCUT2D eigenvalue weighted by molar-refractivity contribution is -0.125. The van der Waals surface area contributed by atoms with Crippen LogP contribution in [0.4, 0.5) is 5.69 Å². The second-order valence-electron chi connectivity index (χ2n) is 16.7. The second-order valence-corrected chi connectivity index (χ2v) is 16.7. The Morgan fingerprint density at radius 2 is 1.37 bits per heavy atom. The molecule has 4 aliphatic heterocycles. The summed E-state index contributed by atoms with van der Waals surface area (Å²) in [5, 5.41) is 12.9. The number of carbonyl (C=O) groups is 3. The zero-order valence-corrected chi connectivity index (χ0v) is 32.7. The molecule has 9 heteroatoms. The summed E-state index contributed by atoms with van der Waals surface area (Å²) in [6, 6.07) is 31.1. The van der Waals surface area contributed by atoms with E-state index in [2.05, 4.69) is 87.3 Å². The molecule has 3 amide bonds. The number of piperidine rings is 2. The molecule has 294 valence electrons. The van der Waals surface area contributed by atoms with Crippen molar-refractivity contribution in [3.05, 3.63) is 142 Å². The van der Waals surface area contributed by atoms with Gasteiger partial charge in [-0.2, -0.15) is 0 Å². The first-order valence-electron chi connectivity index (χ1n) is 21.0. The number of fused-ring (bicyclic) bond motifs is 2. The predicted octanol–water partition coefficient (Wildman–Crippen LogP) is 7.03. The number of carbonyl (C=O) groups excluding carboxylic acids is 3. The van der Waals surface area contributed by atoms with E-state index in [4.69, 9.17) is 0 Å². The van der Waals surface area contributed by atoms with Gasteiger partial charge in [-0.25, -0.2) is 0 Å². The Morgan fingerprint density at radius 1 is 0.667 bits per heavy atom. The first-order valence-corrected chi connectivity index (χ1v) is 21.0. The first-order chi connectivity index (χ1) is 27.8. The van der Waals surface area contributed by atoms with Crippen molar-refractivity contribution in [1.29, 1.82) is 0 Å². The summed E-state index contributed by atoms with van der Waals surface area (Å²) >= 11 is 0. The summed E-state index contributed by atoms with van der Waals surface area (Å²) in [6.45, 7) is 11.9. The number of hydrogen-bond acceptors (Lipinski definition) is 7. The number of imide groups is 1. The zero-order chi connectivity index (χ0) is 39.0. The molecule has 4 heterocycles. The van der Waals surface area contributed by atoms with Crippen LogP contribution in [0.2, 0.25) is 0 Å². The fraction of sp³-hybridized carbons (Fsp3) is 0.396. The number of likely N-dealkylation sites (tertiary alicyclic amines) is 1. The minimum Gasteiger partial charge on any atom is -0.508 e. The lowest BCUT2D eigenvalue weighted by atomic mass is 9.69. The third-order valence-electron chi connectivity index (χ3n) is 13.4. The summed E-state index contributed by atoms with van der Waals surface area (Å²) in [6.07, 6.45) is 6.54. The van der Waals surface area contributed by atoms with Gasteiger partial charge in [0.15, 0.2) is 0 Å². The summed E-state index contributed by atoms with van der Waals surface area (Å²) in [7, 11) is 0. The van der Waals surface area contributed by atoms with Crippen molar-refractivity contribution in [2.24, 2.45) is 0 Å². The van der Waals surface area contributed by atoms with Gasteiger partial charge in [-0.15, -0.1) is 0 Å². The Balaban J connectivity index is 0.741. The number of anilines is 1. The topological polar surface area (TPSA) is 96.4 Å². The molecule has 0 radical (unpaired) electrons. The highest BCUT2D eigenvalue weighted by atomic mass is 16.3. The standard InChI is InChI=1S/C48H53N5O4/c1-32-8-19-44(46(55)49-32)53-47(56)42-17-14-38(31-43(42)48(53)57)52-28-26-51(27-29-52)23-5-22-50-24-20-34(21-25-50)33-9-11-36(12-10-33)45-40(35-6-3-2-4-7-35)16-13-37-30-39(54)15-18-41(37)45/h2-4,6-7,9-12,14-15,17-18,30-31,34,40,44-45,54H,1,5,8,13,16,19-29H2,(H,49,55)/t40-,44?,45+/m0/s1. The lowest BCUT2D eigenvalue weighted by Gasteiger charge is -2.37. The van der Waals surface area contributed by atoms with Crippen LogP contribution in [-0.4, -0.2) is 95.9 Å². The summed E-state index contributed by atoms with van der Waals surface area (Å²) in [5.41, 5.74) is 9.17. The summed E-state index contributed by atoms with van der Waals surface area (Å²) in [4.78, 5) is 47.8. The SMILES string of the molecule is C=C1CCC(N2C(=O)c3ccc(N4CCN(CCCN5CCC(c6ccc([C@H]7c8ccc(O)cc8CC[C@H]7c7ccccc7)cc6)CC5)CC4)cc3C2=O)C(=O)N1. The van der Waals surface area contributed by atoms with Gasteiger partial charge in [-0.3, -0.25) is 24.2 Å². The Morgan fingerprint density at radius 3 is 2.11 bits per heavy atom. The minimum absolute atomic E-state index is 0.276. The molecule has 3 saturated heterocycles. The predicted molar refractivity (Wildman–Crippen MR) is 223 cm³/mol. The Labute approximate surface area is 336 Å². The van der Waals surface area contributed by atoms with Crippen molar-refractivity contribution < 1.29 is 19.5 Å². The maximum absolute atomic E-state index is 13.4. The van der Waals surface area contributed by atoms with Crippen molar-refractivity contribution >= 4 is 23.4 Å². The van der Waals surface area contributed by atoms with Gasteiger partial charge >= 0.3 is 0 Å². The highest BCUT2D eigenvalue weighted by Gasteiger charge is 2.44. The largest absolute Gasteiger partial charge is 0.508 e. The van der Waals surface area contributed by atoms with E-state index in [-0.39, 0.29) is 23.6 Å². The van der Waals surface area contributed by atoms with Crippen molar-refractivity contribution in [3.8, 4) is 5.75 Å².